The summed E-state index contributed by atoms with van der Waals surface area (Å²) in [5.74, 6) is 1.40. The van der Waals surface area contributed by atoms with Crippen molar-refractivity contribution >= 4 is 16.6 Å². The van der Waals surface area contributed by atoms with Gasteiger partial charge in [0.05, 0.1) is 13.2 Å². The molecule has 5 heteroatoms. The molecule has 18 heavy (non-hydrogen) atoms. The second kappa shape index (κ2) is 7.04. The molecule has 0 spiro atoms. The lowest BCUT2D eigenvalue weighted by atomic mass is 10.4. The molecule has 0 heterocycles. The smallest absolute Gasteiger partial charge is 0.268 e. The van der Waals surface area contributed by atoms with Crippen LogP contribution in [-0.2, 0) is 13.6 Å². The highest BCUT2D eigenvalue weighted by Crippen LogP contribution is 2.17. The van der Waals surface area contributed by atoms with E-state index < -0.39 is 16.6 Å². The van der Waals surface area contributed by atoms with Crippen molar-refractivity contribution in [2.24, 2.45) is 0 Å². The van der Waals surface area contributed by atoms with Crippen molar-refractivity contribution in [3.63, 3.8) is 0 Å². The van der Waals surface area contributed by atoms with Crippen molar-refractivity contribution in [2.45, 2.75) is 52.6 Å². The van der Waals surface area contributed by atoms with Crippen molar-refractivity contribution in [3.8, 4) is 0 Å². The summed E-state index contributed by atoms with van der Waals surface area (Å²) in [5.41, 5.74) is 0. The van der Waals surface area contributed by atoms with Gasteiger partial charge in [-0.25, -0.2) is 0 Å². The van der Waals surface area contributed by atoms with Crippen LogP contribution >= 0.6 is 0 Å². The van der Waals surface area contributed by atoms with Crippen molar-refractivity contribution < 1.29 is 13.6 Å². The van der Waals surface area contributed by atoms with Gasteiger partial charge in [-0.15, -0.1) is 0 Å². The van der Waals surface area contributed by atoms with Crippen LogP contribution in [0.4, 0.5) is 0 Å². The minimum Gasteiger partial charge on any atom is -0.544 e. The Morgan fingerprint density at radius 2 is 1.44 bits per heavy atom. The van der Waals surface area contributed by atoms with Crippen LogP contribution in [0.25, 0.3) is 0 Å². The first-order valence-corrected chi connectivity index (χ1v) is 13.2. The molecule has 0 fully saturated rings. The highest BCUT2D eigenvalue weighted by atomic mass is 28.4. The molecule has 106 valence electrons. The van der Waals surface area contributed by atoms with Crippen LogP contribution in [0.2, 0.25) is 39.3 Å². The van der Waals surface area contributed by atoms with Crippen molar-refractivity contribution in [2.75, 3.05) is 7.11 Å². The van der Waals surface area contributed by atoms with E-state index in [9.17, 15) is 0 Å². The van der Waals surface area contributed by atoms with E-state index in [1.54, 1.807) is 7.11 Å². The second-order valence-electron chi connectivity index (χ2n) is 6.11. The average Bonchev–Trinajstić information content (AvgIpc) is 2.12. The molecule has 0 saturated heterocycles. The number of hydrogen-bond donors (Lipinski definition) is 0. The second-order valence-corrected chi connectivity index (χ2v) is 15.0. The number of allylic oxidation sites excluding steroid dienone is 2. The van der Waals surface area contributed by atoms with Gasteiger partial charge in [-0.05, 0) is 51.8 Å². The van der Waals surface area contributed by atoms with Gasteiger partial charge in [-0.1, -0.05) is 6.92 Å². The van der Waals surface area contributed by atoms with Crippen molar-refractivity contribution in [3.05, 3.63) is 23.9 Å². The SMILES string of the molecule is CCC=C(C=C(OC)O[Si](C)(C)C)O[Si](C)(C)C. The van der Waals surface area contributed by atoms with Gasteiger partial charge in [0.2, 0.25) is 16.6 Å². The topological polar surface area (TPSA) is 27.7 Å². The molecule has 0 aromatic heterocycles. The maximum atomic E-state index is 6.00. The molecule has 0 aliphatic heterocycles. The number of hydrogen-bond acceptors (Lipinski definition) is 3. The molecule has 0 aliphatic rings. The normalized spacial score (nSPS) is 14.4. The van der Waals surface area contributed by atoms with Crippen LogP contribution in [0.3, 0.4) is 0 Å². The van der Waals surface area contributed by atoms with Crippen molar-refractivity contribution in [1.82, 2.24) is 0 Å². The monoisotopic (exact) mass is 288 g/mol. The first kappa shape index (κ1) is 17.3. The van der Waals surface area contributed by atoms with E-state index in [1.165, 1.54) is 0 Å². The lowest BCUT2D eigenvalue weighted by Crippen LogP contribution is -2.26. The Kier molecular flexibility index (Phi) is 6.77. The van der Waals surface area contributed by atoms with E-state index in [0.29, 0.717) is 5.95 Å². The molecule has 3 nitrogen and oxygen atoms in total. The van der Waals surface area contributed by atoms with E-state index in [-0.39, 0.29) is 0 Å². The van der Waals surface area contributed by atoms with Gasteiger partial charge in [-0.2, -0.15) is 0 Å². The Morgan fingerprint density at radius 1 is 0.944 bits per heavy atom. The zero-order valence-corrected chi connectivity index (χ0v) is 15.1. The van der Waals surface area contributed by atoms with Crippen LogP contribution in [0.15, 0.2) is 23.9 Å². The summed E-state index contributed by atoms with van der Waals surface area (Å²) in [7, 11) is -1.63. The fourth-order valence-corrected chi connectivity index (χ4v) is 2.83. The Bertz CT molecular complexity index is 309. The zero-order chi connectivity index (χ0) is 14.4. The molecule has 0 N–H and O–H groups in total. The molecule has 0 unspecified atom stereocenters. The van der Waals surface area contributed by atoms with E-state index >= 15 is 0 Å². The Hall–Kier alpha value is -0.686. The Labute approximate surface area is 114 Å². The largest absolute Gasteiger partial charge is 0.544 e. The summed E-state index contributed by atoms with van der Waals surface area (Å²) >= 11 is 0. The summed E-state index contributed by atoms with van der Waals surface area (Å²) < 4.78 is 17.1. The van der Waals surface area contributed by atoms with Gasteiger partial charge in [0.15, 0.2) is 0 Å². The lowest BCUT2D eigenvalue weighted by molar-refractivity contribution is 0.145. The van der Waals surface area contributed by atoms with E-state index in [2.05, 4.69) is 52.3 Å². The van der Waals surface area contributed by atoms with Gasteiger partial charge in [-0.3, -0.25) is 0 Å². The fourth-order valence-electron chi connectivity index (χ4n) is 1.23. The zero-order valence-electron chi connectivity index (χ0n) is 13.1. The fraction of sp³-hybridized carbons (Fsp3) is 0.692. The molecule has 0 saturated carbocycles. The predicted molar refractivity (Wildman–Crippen MR) is 82.3 cm³/mol. The maximum Gasteiger partial charge on any atom is 0.268 e. The lowest BCUT2D eigenvalue weighted by Gasteiger charge is -2.23. The van der Waals surface area contributed by atoms with Crippen LogP contribution in [-0.4, -0.2) is 23.7 Å². The quantitative estimate of drug-likeness (QED) is 0.393. The van der Waals surface area contributed by atoms with Crippen LogP contribution < -0.4 is 0 Å². The molecule has 0 amide bonds. The van der Waals surface area contributed by atoms with Gasteiger partial charge in [0, 0.05) is 0 Å². The molecule has 0 bridgehead atoms. The summed E-state index contributed by atoms with van der Waals surface area (Å²) in [6, 6.07) is 0. The molecular weight excluding hydrogens is 260 g/mol. The van der Waals surface area contributed by atoms with Crippen LogP contribution in [0, 0.1) is 0 Å². The minimum absolute atomic E-state index is 0.548. The number of rotatable bonds is 7. The van der Waals surface area contributed by atoms with Gasteiger partial charge < -0.3 is 13.6 Å². The van der Waals surface area contributed by atoms with Crippen LogP contribution in [0.5, 0.6) is 0 Å². The summed E-state index contributed by atoms with van der Waals surface area (Å²) in [6.07, 6.45) is 4.85. The third kappa shape index (κ3) is 9.35. The molecular formula is C13H28O3Si2. The van der Waals surface area contributed by atoms with Gasteiger partial charge in [0.25, 0.3) is 5.95 Å². The number of methoxy groups -OCH3 is 1. The highest BCUT2D eigenvalue weighted by Gasteiger charge is 2.20. The minimum atomic E-state index is -1.65. The first-order valence-electron chi connectivity index (χ1n) is 6.41. The first-order chi connectivity index (χ1) is 8.07. The third-order valence-corrected chi connectivity index (χ3v) is 3.36. The number of ether oxygens (including phenoxy) is 1. The molecule has 0 aromatic carbocycles. The third-order valence-electron chi connectivity index (χ3n) is 1.70. The van der Waals surface area contributed by atoms with E-state index in [0.717, 1.165) is 12.2 Å². The molecule has 0 atom stereocenters. The Morgan fingerprint density at radius 3 is 1.78 bits per heavy atom. The predicted octanol–water partition coefficient (Wildman–Crippen LogP) is 4.47. The average molecular weight is 289 g/mol. The van der Waals surface area contributed by atoms with E-state index in [4.69, 9.17) is 13.6 Å². The summed E-state index contributed by atoms with van der Waals surface area (Å²) in [4.78, 5) is 0. The van der Waals surface area contributed by atoms with Crippen molar-refractivity contribution in [1.29, 1.82) is 0 Å². The van der Waals surface area contributed by atoms with Gasteiger partial charge in [0.1, 0.15) is 5.76 Å². The molecule has 0 aromatic rings. The molecule has 0 rings (SSSR count). The Balaban J connectivity index is 4.96. The van der Waals surface area contributed by atoms with E-state index in [1.807, 2.05) is 6.08 Å². The van der Waals surface area contributed by atoms with Crippen LogP contribution in [0.1, 0.15) is 13.3 Å². The maximum absolute atomic E-state index is 6.00. The summed E-state index contributed by atoms with van der Waals surface area (Å²) in [6.45, 7) is 15.0. The highest BCUT2D eigenvalue weighted by molar-refractivity contribution is 6.70. The summed E-state index contributed by atoms with van der Waals surface area (Å²) in [5, 5.41) is 0. The molecule has 0 radical (unpaired) electrons. The standard InChI is InChI=1S/C13H28O3Si2/c1-9-10-12(15-17(3,4)5)11-13(14-2)16-18(6,7)8/h10-11H,9H2,1-8H3. The molecule has 0 aliphatic carbocycles. The van der Waals surface area contributed by atoms with Gasteiger partial charge >= 0.3 is 0 Å².